The van der Waals surface area contributed by atoms with E-state index in [4.69, 9.17) is 11.6 Å². The van der Waals surface area contributed by atoms with E-state index in [1.54, 1.807) is 0 Å². The highest BCUT2D eigenvalue weighted by Gasteiger charge is 2.19. The fourth-order valence-corrected chi connectivity index (χ4v) is 3.42. The van der Waals surface area contributed by atoms with Crippen LogP contribution in [0.5, 0.6) is 0 Å². The Hall–Kier alpha value is -1.38. The quantitative estimate of drug-likeness (QED) is 0.397. The molecule has 1 saturated heterocycles. The minimum Gasteiger partial charge on any atom is -0.351 e. The van der Waals surface area contributed by atoms with Crippen molar-refractivity contribution in [2.75, 3.05) is 33.2 Å². The number of piperazine rings is 1. The lowest BCUT2D eigenvalue weighted by atomic mass is 10.2. The number of aryl methyl sites for hydroxylation is 1. The number of hydrogen-bond donors (Lipinski definition) is 1. The lowest BCUT2D eigenvalue weighted by Gasteiger charge is -2.36. The SMILES string of the molecule is CN=C(NCc1ncccc1C)N1CCN(Cc2cccc(Cl)c2)CC1.I. The average Bonchev–Trinajstić information content (AvgIpc) is 2.65. The first kappa shape index (κ1) is 21.9. The van der Waals surface area contributed by atoms with E-state index in [-0.39, 0.29) is 24.0 Å². The first-order chi connectivity index (χ1) is 12.7. The maximum atomic E-state index is 6.09. The number of halogens is 2. The van der Waals surface area contributed by atoms with Crippen molar-refractivity contribution in [3.05, 3.63) is 64.4 Å². The van der Waals surface area contributed by atoms with Gasteiger partial charge in [0.15, 0.2) is 5.96 Å². The van der Waals surface area contributed by atoms with Gasteiger partial charge in [-0.15, -0.1) is 24.0 Å². The zero-order valence-corrected chi connectivity index (χ0v) is 18.9. The summed E-state index contributed by atoms with van der Waals surface area (Å²) in [5.41, 5.74) is 3.52. The second-order valence-corrected chi connectivity index (χ2v) is 7.00. The van der Waals surface area contributed by atoms with Crippen molar-refractivity contribution in [2.24, 2.45) is 4.99 Å². The van der Waals surface area contributed by atoms with Crippen molar-refractivity contribution in [3.63, 3.8) is 0 Å². The zero-order chi connectivity index (χ0) is 18.4. The fourth-order valence-electron chi connectivity index (χ4n) is 3.21. The molecule has 2 heterocycles. The number of rotatable bonds is 4. The van der Waals surface area contributed by atoms with Crippen LogP contribution in [0, 0.1) is 6.92 Å². The molecule has 146 valence electrons. The molecule has 0 amide bonds. The van der Waals surface area contributed by atoms with Gasteiger partial charge in [-0.1, -0.05) is 29.8 Å². The summed E-state index contributed by atoms with van der Waals surface area (Å²) in [7, 11) is 1.84. The molecular formula is C20H27ClIN5. The van der Waals surface area contributed by atoms with Gasteiger partial charge in [-0.3, -0.25) is 14.9 Å². The summed E-state index contributed by atoms with van der Waals surface area (Å²) >= 11 is 6.09. The summed E-state index contributed by atoms with van der Waals surface area (Å²) < 4.78 is 0. The molecule has 1 aromatic heterocycles. The molecule has 0 aliphatic carbocycles. The highest BCUT2D eigenvalue weighted by molar-refractivity contribution is 14.0. The van der Waals surface area contributed by atoms with E-state index in [2.05, 4.69) is 44.1 Å². The Balaban J connectivity index is 0.00000261. The largest absolute Gasteiger partial charge is 0.351 e. The molecule has 0 spiro atoms. The Kier molecular flexibility index (Phi) is 8.79. The molecule has 1 aliphatic heterocycles. The van der Waals surface area contributed by atoms with E-state index >= 15 is 0 Å². The Morgan fingerprint density at radius 2 is 1.96 bits per heavy atom. The Morgan fingerprint density at radius 1 is 1.19 bits per heavy atom. The van der Waals surface area contributed by atoms with E-state index in [0.29, 0.717) is 6.54 Å². The number of guanidine groups is 1. The molecule has 0 atom stereocenters. The number of nitrogens with zero attached hydrogens (tertiary/aromatic N) is 4. The fraction of sp³-hybridized carbons (Fsp3) is 0.400. The standard InChI is InChI=1S/C20H26ClN5.HI/c1-16-5-4-8-23-19(16)14-24-20(22-2)26-11-9-25(10-12-26)15-17-6-3-7-18(21)13-17;/h3-8,13H,9-12,14-15H2,1-2H3,(H,22,24);1H. The van der Waals surface area contributed by atoms with Gasteiger partial charge in [0.25, 0.3) is 0 Å². The first-order valence-corrected chi connectivity index (χ1v) is 9.36. The third-order valence-electron chi connectivity index (χ3n) is 4.71. The third kappa shape index (κ3) is 6.33. The lowest BCUT2D eigenvalue weighted by Crippen LogP contribution is -2.52. The van der Waals surface area contributed by atoms with Gasteiger partial charge in [-0.05, 0) is 36.2 Å². The topological polar surface area (TPSA) is 43.8 Å². The number of hydrogen-bond acceptors (Lipinski definition) is 3. The Morgan fingerprint density at radius 3 is 2.63 bits per heavy atom. The van der Waals surface area contributed by atoms with Crippen LogP contribution in [0.3, 0.4) is 0 Å². The third-order valence-corrected chi connectivity index (χ3v) is 4.95. The van der Waals surface area contributed by atoms with Crippen LogP contribution < -0.4 is 5.32 Å². The van der Waals surface area contributed by atoms with Gasteiger partial charge in [0, 0.05) is 51.0 Å². The van der Waals surface area contributed by atoms with Crippen molar-refractivity contribution >= 4 is 41.5 Å². The second kappa shape index (κ2) is 10.8. The van der Waals surface area contributed by atoms with E-state index in [0.717, 1.165) is 49.4 Å². The lowest BCUT2D eigenvalue weighted by molar-refractivity contribution is 0.172. The van der Waals surface area contributed by atoms with Crippen LogP contribution in [0.2, 0.25) is 5.02 Å². The average molecular weight is 500 g/mol. The predicted octanol–water partition coefficient (Wildman–Crippen LogP) is 3.55. The molecule has 0 bridgehead atoms. The van der Waals surface area contributed by atoms with Crippen LogP contribution in [0.15, 0.2) is 47.6 Å². The maximum absolute atomic E-state index is 6.09. The highest BCUT2D eigenvalue weighted by Crippen LogP contribution is 2.14. The maximum Gasteiger partial charge on any atom is 0.194 e. The summed E-state index contributed by atoms with van der Waals surface area (Å²) in [6, 6.07) is 12.2. The molecule has 2 aromatic rings. The van der Waals surface area contributed by atoms with E-state index in [1.807, 2.05) is 37.5 Å². The molecule has 3 rings (SSSR count). The van der Waals surface area contributed by atoms with Crippen LogP contribution >= 0.6 is 35.6 Å². The van der Waals surface area contributed by atoms with Gasteiger partial charge in [-0.2, -0.15) is 0 Å². The normalized spacial score (nSPS) is 15.4. The molecule has 1 aliphatic rings. The van der Waals surface area contributed by atoms with Crippen molar-refractivity contribution in [1.82, 2.24) is 20.1 Å². The molecular weight excluding hydrogens is 473 g/mol. The van der Waals surface area contributed by atoms with Gasteiger partial charge in [-0.25, -0.2) is 0 Å². The number of pyridine rings is 1. The van der Waals surface area contributed by atoms with E-state index in [1.165, 1.54) is 11.1 Å². The highest BCUT2D eigenvalue weighted by atomic mass is 127. The van der Waals surface area contributed by atoms with Crippen LogP contribution in [-0.4, -0.2) is 54.0 Å². The molecule has 0 radical (unpaired) electrons. The van der Waals surface area contributed by atoms with Gasteiger partial charge in [0.05, 0.1) is 12.2 Å². The molecule has 1 fully saturated rings. The molecule has 27 heavy (non-hydrogen) atoms. The second-order valence-electron chi connectivity index (χ2n) is 6.56. The van der Waals surface area contributed by atoms with Crippen molar-refractivity contribution < 1.29 is 0 Å². The molecule has 0 saturated carbocycles. The van der Waals surface area contributed by atoms with Crippen LogP contribution in [0.4, 0.5) is 0 Å². The number of nitrogens with one attached hydrogen (secondary N) is 1. The van der Waals surface area contributed by atoms with Crippen molar-refractivity contribution in [1.29, 1.82) is 0 Å². The summed E-state index contributed by atoms with van der Waals surface area (Å²) in [5, 5.41) is 4.25. The summed E-state index contributed by atoms with van der Waals surface area (Å²) in [6.07, 6.45) is 1.83. The zero-order valence-electron chi connectivity index (χ0n) is 15.9. The molecule has 0 unspecified atom stereocenters. The smallest absolute Gasteiger partial charge is 0.194 e. The van der Waals surface area contributed by atoms with Gasteiger partial charge < -0.3 is 10.2 Å². The molecule has 7 heteroatoms. The molecule has 5 nitrogen and oxygen atoms in total. The summed E-state index contributed by atoms with van der Waals surface area (Å²) in [5.74, 6) is 0.942. The predicted molar refractivity (Wildman–Crippen MR) is 123 cm³/mol. The van der Waals surface area contributed by atoms with Gasteiger partial charge in [0.1, 0.15) is 0 Å². The monoisotopic (exact) mass is 499 g/mol. The van der Waals surface area contributed by atoms with Crippen molar-refractivity contribution in [2.45, 2.75) is 20.0 Å². The minimum absolute atomic E-state index is 0. The van der Waals surface area contributed by atoms with E-state index < -0.39 is 0 Å². The van der Waals surface area contributed by atoms with Crippen LogP contribution in [-0.2, 0) is 13.1 Å². The molecule has 1 aromatic carbocycles. The van der Waals surface area contributed by atoms with Crippen LogP contribution in [0.25, 0.3) is 0 Å². The minimum atomic E-state index is 0. The van der Waals surface area contributed by atoms with Crippen molar-refractivity contribution in [3.8, 4) is 0 Å². The summed E-state index contributed by atoms with van der Waals surface area (Å²) in [6.45, 7) is 7.66. The Bertz CT molecular complexity index is 760. The number of aliphatic imine (C=N–C) groups is 1. The van der Waals surface area contributed by atoms with Gasteiger partial charge in [0.2, 0.25) is 0 Å². The first-order valence-electron chi connectivity index (χ1n) is 8.98. The van der Waals surface area contributed by atoms with Gasteiger partial charge >= 0.3 is 0 Å². The molecule has 1 N–H and O–H groups in total. The van der Waals surface area contributed by atoms with Crippen LogP contribution in [0.1, 0.15) is 16.8 Å². The Labute approximate surface area is 183 Å². The number of aromatic nitrogens is 1. The van der Waals surface area contributed by atoms with E-state index in [9.17, 15) is 0 Å². The number of benzene rings is 1. The summed E-state index contributed by atoms with van der Waals surface area (Å²) in [4.78, 5) is 13.7.